The second kappa shape index (κ2) is 8.42. The number of Topliss-reactive ketones (excluding diaryl/α,β-unsaturated/α-hetero) is 1. The van der Waals surface area contributed by atoms with E-state index in [4.69, 9.17) is 19.9 Å². The van der Waals surface area contributed by atoms with Crippen molar-refractivity contribution in [3.8, 4) is 17.2 Å². The van der Waals surface area contributed by atoms with Crippen LogP contribution in [-0.4, -0.2) is 26.1 Å². The first-order valence-electron chi connectivity index (χ1n) is 8.29. The molecule has 0 saturated heterocycles. The molecular formula is C20H25NO4. The van der Waals surface area contributed by atoms with Crippen molar-refractivity contribution < 1.29 is 19.0 Å². The van der Waals surface area contributed by atoms with Crippen LogP contribution in [0.15, 0.2) is 36.4 Å². The molecule has 2 aromatic carbocycles. The highest BCUT2D eigenvalue weighted by Gasteiger charge is 2.25. The monoisotopic (exact) mass is 343 g/mol. The molecule has 0 spiro atoms. The highest BCUT2D eigenvalue weighted by Crippen LogP contribution is 2.30. The fourth-order valence-electron chi connectivity index (χ4n) is 2.67. The fraction of sp³-hybridized carbons (Fsp3) is 0.350. The summed E-state index contributed by atoms with van der Waals surface area (Å²) in [6.07, 6.45) is 0.782. The molecule has 2 rings (SSSR count). The number of carbonyl (C=O) groups is 1. The molecule has 0 radical (unpaired) electrons. The quantitative estimate of drug-likeness (QED) is 0.579. The number of carbonyl (C=O) groups excluding carboxylic acids is 1. The number of aryl methyl sites for hydroxylation is 1. The first-order valence-corrected chi connectivity index (χ1v) is 8.29. The Bertz CT molecular complexity index is 742. The molecule has 0 saturated carbocycles. The van der Waals surface area contributed by atoms with Gasteiger partial charge >= 0.3 is 0 Å². The van der Waals surface area contributed by atoms with Crippen molar-refractivity contribution >= 4 is 11.5 Å². The van der Waals surface area contributed by atoms with Crippen LogP contribution in [0.5, 0.6) is 17.2 Å². The number of rotatable bonds is 8. The summed E-state index contributed by atoms with van der Waals surface area (Å²) in [6.45, 7) is 3.92. The van der Waals surface area contributed by atoms with E-state index in [9.17, 15) is 4.79 Å². The van der Waals surface area contributed by atoms with Crippen LogP contribution >= 0.6 is 0 Å². The van der Waals surface area contributed by atoms with Gasteiger partial charge in [-0.1, -0.05) is 19.4 Å². The van der Waals surface area contributed by atoms with E-state index in [-0.39, 0.29) is 5.78 Å². The van der Waals surface area contributed by atoms with Crippen LogP contribution in [0, 0.1) is 6.92 Å². The summed E-state index contributed by atoms with van der Waals surface area (Å²) in [6, 6.07) is 10.6. The Hall–Kier alpha value is -2.69. The lowest BCUT2D eigenvalue weighted by Gasteiger charge is -2.20. The number of hydrogen-bond donors (Lipinski definition) is 1. The first kappa shape index (κ1) is 18.6. The van der Waals surface area contributed by atoms with Gasteiger partial charge in [-0.15, -0.1) is 0 Å². The van der Waals surface area contributed by atoms with Gasteiger partial charge in [-0.2, -0.15) is 0 Å². The van der Waals surface area contributed by atoms with Crippen molar-refractivity contribution in [2.24, 2.45) is 0 Å². The Kier molecular flexibility index (Phi) is 6.28. The molecule has 25 heavy (non-hydrogen) atoms. The minimum atomic E-state index is -0.617. The largest absolute Gasteiger partial charge is 0.496 e. The number of ether oxygens (including phenoxy) is 3. The minimum absolute atomic E-state index is 0.139. The molecule has 0 aliphatic carbocycles. The van der Waals surface area contributed by atoms with Crippen molar-refractivity contribution in [2.75, 3.05) is 20.0 Å². The molecule has 2 N–H and O–H groups in total. The molecule has 0 heterocycles. The highest BCUT2D eigenvalue weighted by molar-refractivity contribution is 6.02. The van der Waals surface area contributed by atoms with Crippen molar-refractivity contribution in [2.45, 2.75) is 32.8 Å². The van der Waals surface area contributed by atoms with Crippen LogP contribution in [0.4, 0.5) is 5.69 Å². The highest BCUT2D eigenvalue weighted by atomic mass is 16.5. The molecule has 0 amide bonds. The van der Waals surface area contributed by atoms with E-state index >= 15 is 0 Å². The number of hydrogen-bond acceptors (Lipinski definition) is 5. The smallest absolute Gasteiger partial charge is 0.207 e. The summed E-state index contributed by atoms with van der Waals surface area (Å²) in [4.78, 5) is 13.1. The Morgan fingerprint density at radius 3 is 2.44 bits per heavy atom. The number of anilines is 1. The van der Waals surface area contributed by atoms with Gasteiger partial charge < -0.3 is 19.9 Å². The van der Waals surface area contributed by atoms with Crippen LogP contribution in [0.1, 0.15) is 35.7 Å². The van der Waals surface area contributed by atoms with Crippen molar-refractivity contribution in [3.05, 3.63) is 47.5 Å². The molecule has 5 heteroatoms. The van der Waals surface area contributed by atoms with E-state index in [0.717, 1.165) is 12.0 Å². The Balaban J connectivity index is 2.36. The summed E-state index contributed by atoms with van der Waals surface area (Å²) in [5, 5.41) is 0. The van der Waals surface area contributed by atoms with Gasteiger partial charge in [-0.25, -0.2) is 0 Å². The van der Waals surface area contributed by atoms with Gasteiger partial charge in [-0.05, 0) is 43.2 Å². The third-order valence-electron chi connectivity index (χ3n) is 3.96. The van der Waals surface area contributed by atoms with Crippen molar-refractivity contribution in [1.29, 1.82) is 0 Å². The summed E-state index contributed by atoms with van der Waals surface area (Å²) < 4.78 is 16.7. The molecule has 5 nitrogen and oxygen atoms in total. The maximum Gasteiger partial charge on any atom is 0.207 e. The third-order valence-corrected chi connectivity index (χ3v) is 3.96. The molecule has 2 aromatic rings. The number of nitrogens with two attached hydrogens (primary N) is 1. The van der Waals surface area contributed by atoms with Gasteiger partial charge in [0.25, 0.3) is 0 Å². The zero-order valence-electron chi connectivity index (χ0n) is 15.2. The second-order valence-corrected chi connectivity index (χ2v) is 5.85. The lowest BCUT2D eigenvalue weighted by Crippen LogP contribution is -2.28. The fourth-order valence-corrected chi connectivity index (χ4v) is 2.67. The Morgan fingerprint density at radius 1 is 1.12 bits per heavy atom. The van der Waals surface area contributed by atoms with E-state index in [1.807, 2.05) is 13.8 Å². The lowest BCUT2D eigenvalue weighted by molar-refractivity contribution is 0.0774. The van der Waals surface area contributed by atoms with Gasteiger partial charge in [0.2, 0.25) is 5.78 Å². The van der Waals surface area contributed by atoms with Gasteiger partial charge in [-0.3, -0.25) is 4.79 Å². The molecule has 0 aliphatic heterocycles. The maximum atomic E-state index is 13.1. The van der Waals surface area contributed by atoms with E-state index < -0.39 is 6.10 Å². The van der Waals surface area contributed by atoms with Crippen molar-refractivity contribution in [3.63, 3.8) is 0 Å². The average molecular weight is 343 g/mol. The molecular weight excluding hydrogens is 318 g/mol. The van der Waals surface area contributed by atoms with E-state index in [1.165, 1.54) is 0 Å². The minimum Gasteiger partial charge on any atom is -0.496 e. The molecule has 0 fully saturated rings. The van der Waals surface area contributed by atoms with Crippen LogP contribution in [0.2, 0.25) is 0 Å². The van der Waals surface area contributed by atoms with Gasteiger partial charge in [0.05, 0.1) is 19.8 Å². The third kappa shape index (κ3) is 4.44. The van der Waals surface area contributed by atoms with Crippen LogP contribution in [0.3, 0.4) is 0 Å². The first-order chi connectivity index (χ1) is 12.0. The summed E-state index contributed by atoms with van der Waals surface area (Å²) in [7, 11) is 3.13. The predicted octanol–water partition coefficient (Wildman–Crippen LogP) is 4.02. The lowest BCUT2D eigenvalue weighted by atomic mass is 9.99. The van der Waals surface area contributed by atoms with E-state index in [2.05, 4.69) is 0 Å². The van der Waals surface area contributed by atoms with Crippen LogP contribution in [0.25, 0.3) is 0 Å². The molecule has 1 atom stereocenters. The van der Waals surface area contributed by atoms with E-state index in [0.29, 0.717) is 34.9 Å². The summed E-state index contributed by atoms with van der Waals surface area (Å²) >= 11 is 0. The molecule has 0 aliphatic rings. The molecule has 0 aromatic heterocycles. The summed E-state index contributed by atoms with van der Waals surface area (Å²) in [5.74, 6) is 1.59. The van der Waals surface area contributed by atoms with Gasteiger partial charge in [0.15, 0.2) is 6.10 Å². The van der Waals surface area contributed by atoms with Crippen molar-refractivity contribution in [1.82, 2.24) is 0 Å². The number of ketones is 1. The SMILES string of the molecule is CCCC(Oc1cccc(N)c1)C(=O)c1cc(OC)c(C)cc1OC. The maximum absolute atomic E-state index is 13.1. The number of benzene rings is 2. The van der Waals surface area contributed by atoms with Crippen LogP contribution in [-0.2, 0) is 0 Å². The topological polar surface area (TPSA) is 70.8 Å². The van der Waals surface area contributed by atoms with Gasteiger partial charge in [0.1, 0.15) is 17.2 Å². The zero-order valence-corrected chi connectivity index (χ0v) is 15.2. The average Bonchev–Trinajstić information content (AvgIpc) is 2.60. The molecule has 0 bridgehead atoms. The summed E-state index contributed by atoms with van der Waals surface area (Å²) in [5.41, 5.74) is 7.74. The zero-order chi connectivity index (χ0) is 18.4. The molecule has 134 valence electrons. The normalized spacial score (nSPS) is 11.7. The standard InChI is InChI=1S/C20H25NO4/c1-5-7-17(25-15-9-6-8-14(21)11-15)20(22)16-12-18(23-3)13(2)10-19(16)24-4/h6,8-12,17H,5,7,21H2,1-4H3. The number of methoxy groups -OCH3 is 2. The van der Waals surface area contributed by atoms with Gasteiger partial charge in [0, 0.05) is 11.8 Å². The van der Waals surface area contributed by atoms with Crippen LogP contribution < -0.4 is 19.9 Å². The predicted molar refractivity (Wildman–Crippen MR) is 98.8 cm³/mol. The number of nitrogen functional groups attached to an aromatic ring is 1. The Morgan fingerprint density at radius 2 is 1.84 bits per heavy atom. The molecule has 1 unspecified atom stereocenters. The second-order valence-electron chi connectivity index (χ2n) is 5.85. The Labute approximate surface area is 148 Å². The van der Waals surface area contributed by atoms with E-state index in [1.54, 1.807) is 50.6 Å².